The van der Waals surface area contributed by atoms with E-state index in [1.165, 1.54) is 18.2 Å². The molecule has 126 valence electrons. The van der Waals surface area contributed by atoms with Crippen molar-refractivity contribution in [1.29, 1.82) is 0 Å². The van der Waals surface area contributed by atoms with Crippen LogP contribution >= 0.6 is 23.2 Å². The number of carbonyl (C=O) groups is 2. The van der Waals surface area contributed by atoms with Crippen molar-refractivity contribution in [3.8, 4) is 0 Å². The molecule has 0 aliphatic rings. The molecule has 1 amide bonds. The summed E-state index contributed by atoms with van der Waals surface area (Å²) in [5.74, 6) is 0.153. The number of aromatic nitrogens is 1. The number of amides is 1. The molecule has 0 bridgehead atoms. The zero-order chi connectivity index (χ0) is 17.7. The van der Waals surface area contributed by atoms with Crippen LogP contribution in [0.15, 0.2) is 28.7 Å². The van der Waals surface area contributed by atoms with Crippen molar-refractivity contribution < 1.29 is 18.7 Å². The third kappa shape index (κ3) is 5.11. The van der Waals surface area contributed by atoms with Crippen LogP contribution in [0.2, 0.25) is 10.0 Å². The zero-order valence-corrected chi connectivity index (χ0v) is 14.4. The first-order chi connectivity index (χ1) is 11.3. The SMILES string of the molecule is Cc1ccc(/C=C/C(=O)OCC(=O)Nc2nc(C)c(Cl)cc2Cl)o1. The van der Waals surface area contributed by atoms with E-state index in [0.29, 0.717) is 16.5 Å². The van der Waals surface area contributed by atoms with E-state index < -0.39 is 18.5 Å². The highest BCUT2D eigenvalue weighted by Gasteiger charge is 2.11. The Labute approximate surface area is 148 Å². The molecule has 0 atom stereocenters. The van der Waals surface area contributed by atoms with Crippen molar-refractivity contribution in [2.75, 3.05) is 11.9 Å². The fourth-order valence-electron chi connectivity index (χ4n) is 1.69. The monoisotopic (exact) mass is 368 g/mol. The molecule has 0 spiro atoms. The second-order valence-corrected chi connectivity index (χ2v) is 5.64. The smallest absolute Gasteiger partial charge is 0.331 e. The summed E-state index contributed by atoms with van der Waals surface area (Å²) in [6, 6.07) is 4.95. The molecule has 0 saturated carbocycles. The molecule has 0 saturated heterocycles. The van der Waals surface area contributed by atoms with Crippen LogP contribution in [0.1, 0.15) is 17.2 Å². The van der Waals surface area contributed by atoms with E-state index in [0.717, 1.165) is 5.76 Å². The summed E-state index contributed by atoms with van der Waals surface area (Å²) in [7, 11) is 0. The normalized spacial score (nSPS) is 10.8. The Morgan fingerprint density at radius 2 is 2.04 bits per heavy atom. The predicted molar refractivity (Wildman–Crippen MR) is 91.1 cm³/mol. The topological polar surface area (TPSA) is 81.4 Å². The zero-order valence-electron chi connectivity index (χ0n) is 12.9. The van der Waals surface area contributed by atoms with Gasteiger partial charge in [0.1, 0.15) is 11.5 Å². The summed E-state index contributed by atoms with van der Waals surface area (Å²) in [6.45, 7) is 2.99. The highest BCUT2D eigenvalue weighted by molar-refractivity contribution is 6.36. The van der Waals surface area contributed by atoms with Gasteiger partial charge >= 0.3 is 5.97 Å². The fraction of sp³-hybridized carbons (Fsp3) is 0.188. The molecule has 0 aliphatic heterocycles. The molecule has 8 heteroatoms. The number of nitrogens with one attached hydrogen (secondary N) is 1. The lowest BCUT2D eigenvalue weighted by Crippen LogP contribution is -2.21. The van der Waals surface area contributed by atoms with Gasteiger partial charge in [-0.1, -0.05) is 23.2 Å². The Hall–Kier alpha value is -2.31. The van der Waals surface area contributed by atoms with Gasteiger partial charge in [-0.15, -0.1) is 0 Å². The summed E-state index contributed by atoms with van der Waals surface area (Å²) >= 11 is 11.8. The summed E-state index contributed by atoms with van der Waals surface area (Å²) in [6.07, 6.45) is 2.62. The Morgan fingerprint density at radius 1 is 1.29 bits per heavy atom. The third-order valence-corrected chi connectivity index (χ3v) is 3.52. The van der Waals surface area contributed by atoms with Gasteiger partial charge in [0.05, 0.1) is 15.7 Å². The highest BCUT2D eigenvalue weighted by Crippen LogP contribution is 2.25. The van der Waals surface area contributed by atoms with E-state index in [9.17, 15) is 9.59 Å². The van der Waals surface area contributed by atoms with E-state index in [-0.39, 0.29) is 10.8 Å². The molecule has 24 heavy (non-hydrogen) atoms. The summed E-state index contributed by atoms with van der Waals surface area (Å²) < 4.78 is 10.1. The van der Waals surface area contributed by atoms with Crippen molar-refractivity contribution in [3.63, 3.8) is 0 Å². The Morgan fingerprint density at radius 3 is 2.71 bits per heavy atom. The molecule has 6 nitrogen and oxygen atoms in total. The standard InChI is InChI=1S/C16H14Cl2N2O4/c1-9-3-4-11(24-9)5-6-15(22)23-8-14(21)20-16-13(18)7-12(17)10(2)19-16/h3-7H,8H2,1-2H3,(H,19,20,21)/b6-5+. The summed E-state index contributed by atoms with van der Waals surface area (Å²) in [5, 5.41) is 3.03. The number of carbonyl (C=O) groups excluding carboxylic acids is 2. The van der Waals surface area contributed by atoms with Gasteiger partial charge in [-0.25, -0.2) is 9.78 Å². The molecule has 0 aromatic carbocycles. The molecule has 2 heterocycles. The maximum Gasteiger partial charge on any atom is 0.331 e. The van der Waals surface area contributed by atoms with Crippen molar-refractivity contribution in [1.82, 2.24) is 4.98 Å². The molecule has 0 radical (unpaired) electrons. The number of hydrogen-bond acceptors (Lipinski definition) is 5. The lowest BCUT2D eigenvalue weighted by molar-refractivity contribution is -0.142. The first kappa shape index (κ1) is 18.0. The summed E-state index contributed by atoms with van der Waals surface area (Å²) in [4.78, 5) is 27.4. The average molecular weight is 369 g/mol. The van der Waals surface area contributed by atoms with Gasteiger partial charge < -0.3 is 14.5 Å². The Bertz CT molecular complexity index is 799. The van der Waals surface area contributed by atoms with E-state index >= 15 is 0 Å². The molecule has 2 aromatic heterocycles. The molecule has 2 aromatic rings. The third-order valence-electron chi connectivity index (χ3n) is 2.85. The first-order valence-corrected chi connectivity index (χ1v) is 7.64. The van der Waals surface area contributed by atoms with E-state index in [2.05, 4.69) is 10.3 Å². The molecular formula is C16H14Cl2N2O4. The van der Waals surface area contributed by atoms with Gasteiger partial charge in [-0.3, -0.25) is 4.79 Å². The van der Waals surface area contributed by atoms with Gasteiger partial charge in [0.15, 0.2) is 12.4 Å². The van der Waals surface area contributed by atoms with Crippen LogP contribution in [-0.4, -0.2) is 23.5 Å². The van der Waals surface area contributed by atoms with Gasteiger partial charge in [0.2, 0.25) is 0 Å². The number of ether oxygens (including phenoxy) is 1. The minimum Gasteiger partial charge on any atom is -0.462 e. The lowest BCUT2D eigenvalue weighted by atomic mass is 10.3. The molecule has 0 fully saturated rings. The average Bonchev–Trinajstić information content (AvgIpc) is 2.94. The summed E-state index contributed by atoms with van der Waals surface area (Å²) in [5.41, 5.74) is 0.519. The quantitative estimate of drug-likeness (QED) is 0.641. The van der Waals surface area contributed by atoms with Gasteiger partial charge in [0.25, 0.3) is 5.91 Å². The van der Waals surface area contributed by atoms with Crippen molar-refractivity contribution in [3.05, 3.63) is 51.5 Å². The Balaban J connectivity index is 1.86. The van der Waals surface area contributed by atoms with Crippen LogP contribution in [0.25, 0.3) is 6.08 Å². The van der Waals surface area contributed by atoms with Crippen LogP contribution in [0.4, 0.5) is 5.82 Å². The van der Waals surface area contributed by atoms with Crippen LogP contribution in [0.3, 0.4) is 0 Å². The van der Waals surface area contributed by atoms with Crippen LogP contribution in [0.5, 0.6) is 0 Å². The number of rotatable bonds is 5. The maximum atomic E-state index is 11.8. The molecule has 0 unspecified atom stereocenters. The number of pyridine rings is 1. The van der Waals surface area contributed by atoms with Crippen LogP contribution in [-0.2, 0) is 14.3 Å². The molecular weight excluding hydrogens is 355 g/mol. The minimum absolute atomic E-state index is 0.154. The van der Waals surface area contributed by atoms with E-state index in [4.69, 9.17) is 32.4 Å². The number of aryl methyl sites for hydroxylation is 2. The number of hydrogen-bond donors (Lipinski definition) is 1. The lowest BCUT2D eigenvalue weighted by Gasteiger charge is -2.08. The number of halogens is 2. The number of nitrogens with zero attached hydrogens (tertiary/aromatic N) is 1. The molecule has 1 N–H and O–H groups in total. The largest absolute Gasteiger partial charge is 0.462 e. The molecule has 2 rings (SSSR count). The number of esters is 1. The van der Waals surface area contributed by atoms with E-state index in [1.54, 1.807) is 26.0 Å². The molecule has 0 aliphatic carbocycles. The maximum absolute atomic E-state index is 11.8. The van der Waals surface area contributed by atoms with Gasteiger partial charge in [-0.2, -0.15) is 0 Å². The minimum atomic E-state index is -0.675. The van der Waals surface area contributed by atoms with Crippen molar-refractivity contribution >= 4 is 47.0 Å². The first-order valence-electron chi connectivity index (χ1n) is 6.89. The van der Waals surface area contributed by atoms with Gasteiger partial charge in [0, 0.05) is 6.08 Å². The second-order valence-electron chi connectivity index (χ2n) is 4.82. The van der Waals surface area contributed by atoms with Crippen LogP contribution in [0, 0.1) is 13.8 Å². The van der Waals surface area contributed by atoms with Crippen molar-refractivity contribution in [2.24, 2.45) is 0 Å². The van der Waals surface area contributed by atoms with Crippen LogP contribution < -0.4 is 5.32 Å². The fourth-order valence-corrected chi connectivity index (χ4v) is 2.10. The van der Waals surface area contributed by atoms with Crippen molar-refractivity contribution in [2.45, 2.75) is 13.8 Å². The Kier molecular flexibility index (Phi) is 6.00. The second kappa shape index (κ2) is 7.99. The number of furan rings is 1. The predicted octanol–water partition coefficient (Wildman–Crippen LogP) is 3.79. The van der Waals surface area contributed by atoms with Gasteiger partial charge in [-0.05, 0) is 38.1 Å². The van der Waals surface area contributed by atoms with E-state index in [1.807, 2.05) is 0 Å². The highest BCUT2D eigenvalue weighted by atomic mass is 35.5. The number of anilines is 1.